The summed E-state index contributed by atoms with van der Waals surface area (Å²) in [5.41, 5.74) is 1.62. The molecular formula is C24H20N2O5. The molecule has 1 aliphatic heterocycles. The second kappa shape index (κ2) is 8.39. The first kappa shape index (κ1) is 20.3. The predicted octanol–water partition coefficient (Wildman–Crippen LogP) is 2.94. The fourth-order valence-corrected chi connectivity index (χ4v) is 3.55. The van der Waals surface area contributed by atoms with E-state index in [1.165, 1.54) is 6.92 Å². The predicted molar refractivity (Wildman–Crippen MR) is 114 cm³/mol. The van der Waals surface area contributed by atoms with Crippen LogP contribution < -0.4 is 5.32 Å². The van der Waals surface area contributed by atoms with Crippen molar-refractivity contribution >= 4 is 40.2 Å². The molecule has 0 unspecified atom stereocenters. The van der Waals surface area contributed by atoms with Crippen LogP contribution in [0.4, 0.5) is 5.69 Å². The Morgan fingerprint density at radius 1 is 1.00 bits per heavy atom. The van der Waals surface area contributed by atoms with E-state index in [9.17, 15) is 19.2 Å². The highest BCUT2D eigenvalue weighted by Crippen LogP contribution is 2.23. The number of ether oxygens (including phenoxy) is 1. The Hall–Kier alpha value is -4.00. The molecule has 0 bridgehead atoms. The van der Waals surface area contributed by atoms with Gasteiger partial charge in [0.05, 0.1) is 6.42 Å². The first-order chi connectivity index (χ1) is 14.9. The Morgan fingerprint density at radius 2 is 1.71 bits per heavy atom. The van der Waals surface area contributed by atoms with Gasteiger partial charge >= 0.3 is 5.97 Å². The number of anilines is 1. The van der Waals surface area contributed by atoms with E-state index in [1.54, 1.807) is 30.3 Å². The number of fused-ring (bicyclic) bond motifs is 2. The average Bonchev–Trinajstić information content (AvgIpc) is 2.77. The van der Waals surface area contributed by atoms with E-state index < -0.39 is 36.3 Å². The van der Waals surface area contributed by atoms with Crippen molar-refractivity contribution in [2.75, 3.05) is 11.9 Å². The highest BCUT2D eigenvalue weighted by molar-refractivity contribution is 6.11. The lowest BCUT2D eigenvalue weighted by molar-refractivity contribution is -0.155. The molecule has 156 valence electrons. The van der Waals surface area contributed by atoms with Crippen LogP contribution >= 0.6 is 0 Å². The lowest BCUT2D eigenvalue weighted by Crippen LogP contribution is -2.46. The van der Waals surface area contributed by atoms with Crippen molar-refractivity contribution in [1.82, 2.24) is 4.90 Å². The molecule has 0 fully saturated rings. The van der Waals surface area contributed by atoms with Crippen molar-refractivity contribution in [2.45, 2.75) is 19.4 Å². The van der Waals surface area contributed by atoms with Crippen LogP contribution in [0.1, 0.15) is 22.8 Å². The molecule has 3 aromatic carbocycles. The van der Waals surface area contributed by atoms with Gasteiger partial charge in [0, 0.05) is 16.6 Å². The van der Waals surface area contributed by atoms with Crippen LogP contribution in [-0.4, -0.2) is 41.2 Å². The minimum Gasteiger partial charge on any atom is -0.451 e. The molecule has 1 N–H and O–H groups in total. The standard InChI is InChI=1S/C24H20N2O5/c1-15(23(29)25-20-12-6-9-16-7-2-4-10-18(16)20)31-22(28)14-26-21(27)13-17-8-3-5-11-19(17)24(26)30/h2-12,15H,13-14H2,1H3,(H,25,29)/t15-/m0/s1. The van der Waals surface area contributed by atoms with Crippen molar-refractivity contribution < 1.29 is 23.9 Å². The van der Waals surface area contributed by atoms with Gasteiger partial charge in [-0.15, -0.1) is 0 Å². The van der Waals surface area contributed by atoms with E-state index in [4.69, 9.17) is 4.74 Å². The zero-order valence-corrected chi connectivity index (χ0v) is 16.8. The van der Waals surface area contributed by atoms with Gasteiger partial charge in [0.2, 0.25) is 5.91 Å². The summed E-state index contributed by atoms with van der Waals surface area (Å²) in [6, 6.07) is 19.9. The second-order valence-corrected chi connectivity index (χ2v) is 7.27. The van der Waals surface area contributed by atoms with Crippen LogP contribution in [0.2, 0.25) is 0 Å². The number of esters is 1. The SMILES string of the molecule is C[C@H](OC(=O)CN1C(=O)Cc2ccccc2C1=O)C(=O)Nc1cccc2ccccc12. The summed E-state index contributed by atoms with van der Waals surface area (Å²) in [5, 5.41) is 4.59. The Balaban J connectivity index is 1.40. The van der Waals surface area contributed by atoms with E-state index in [0.29, 0.717) is 16.8 Å². The van der Waals surface area contributed by atoms with Crippen LogP contribution in [0, 0.1) is 0 Å². The molecule has 1 atom stereocenters. The van der Waals surface area contributed by atoms with Crippen LogP contribution in [0.15, 0.2) is 66.7 Å². The minimum atomic E-state index is -1.10. The van der Waals surface area contributed by atoms with E-state index in [0.717, 1.165) is 15.7 Å². The van der Waals surface area contributed by atoms with Gasteiger partial charge in [-0.05, 0) is 30.0 Å². The van der Waals surface area contributed by atoms with Crippen molar-refractivity contribution in [2.24, 2.45) is 0 Å². The van der Waals surface area contributed by atoms with E-state index in [1.807, 2.05) is 36.4 Å². The minimum absolute atomic E-state index is 0.0340. The van der Waals surface area contributed by atoms with Gasteiger partial charge in [0.1, 0.15) is 6.54 Å². The van der Waals surface area contributed by atoms with E-state index in [2.05, 4.69) is 5.32 Å². The number of hydrogen-bond donors (Lipinski definition) is 1. The maximum absolute atomic E-state index is 12.6. The maximum atomic E-state index is 12.6. The van der Waals surface area contributed by atoms with Gasteiger partial charge in [-0.2, -0.15) is 0 Å². The Kier molecular flexibility index (Phi) is 5.49. The summed E-state index contributed by atoms with van der Waals surface area (Å²) >= 11 is 0. The van der Waals surface area contributed by atoms with Crippen molar-refractivity contribution in [3.8, 4) is 0 Å². The van der Waals surface area contributed by atoms with Gasteiger partial charge in [-0.3, -0.25) is 24.1 Å². The molecule has 3 amide bonds. The van der Waals surface area contributed by atoms with Crippen LogP contribution in [-0.2, 0) is 25.5 Å². The number of rotatable bonds is 5. The first-order valence-electron chi connectivity index (χ1n) is 9.85. The molecule has 7 heteroatoms. The van der Waals surface area contributed by atoms with E-state index >= 15 is 0 Å². The van der Waals surface area contributed by atoms with Gasteiger partial charge < -0.3 is 10.1 Å². The molecule has 4 rings (SSSR count). The summed E-state index contributed by atoms with van der Waals surface area (Å²) in [7, 11) is 0. The zero-order chi connectivity index (χ0) is 22.0. The largest absolute Gasteiger partial charge is 0.451 e. The fraction of sp³-hybridized carbons (Fsp3) is 0.167. The number of nitrogens with zero attached hydrogens (tertiary/aromatic N) is 1. The van der Waals surface area contributed by atoms with Gasteiger partial charge in [-0.1, -0.05) is 54.6 Å². The Morgan fingerprint density at radius 3 is 2.55 bits per heavy atom. The van der Waals surface area contributed by atoms with Crippen LogP contribution in [0.3, 0.4) is 0 Å². The quantitative estimate of drug-likeness (QED) is 0.510. The number of hydrogen-bond acceptors (Lipinski definition) is 5. The van der Waals surface area contributed by atoms with Gasteiger partial charge in [-0.25, -0.2) is 0 Å². The van der Waals surface area contributed by atoms with Crippen molar-refractivity contribution in [3.05, 3.63) is 77.9 Å². The topological polar surface area (TPSA) is 92.8 Å². The number of carbonyl (C=O) groups is 4. The monoisotopic (exact) mass is 416 g/mol. The molecular weight excluding hydrogens is 396 g/mol. The molecule has 0 spiro atoms. The maximum Gasteiger partial charge on any atom is 0.326 e. The third-order valence-electron chi connectivity index (χ3n) is 5.15. The van der Waals surface area contributed by atoms with Crippen LogP contribution in [0.5, 0.6) is 0 Å². The average molecular weight is 416 g/mol. The van der Waals surface area contributed by atoms with Crippen LogP contribution in [0.25, 0.3) is 10.8 Å². The molecule has 0 aromatic heterocycles. The number of benzene rings is 3. The lowest BCUT2D eigenvalue weighted by Gasteiger charge is -2.26. The number of carbonyl (C=O) groups excluding carboxylic acids is 4. The molecule has 3 aromatic rings. The molecule has 0 saturated carbocycles. The van der Waals surface area contributed by atoms with Crippen molar-refractivity contribution in [1.29, 1.82) is 0 Å². The van der Waals surface area contributed by atoms with Gasteiger partial charge in [0.15, 0.2) is 6.10 Å². The number of nitrogens with one attached hydrogen (secondary N) is 1. The zero-order valence-electron chi connectivity index (χ0n) is 16.8. The third-order valence-corrected chi connectivity index (χ3v) is 5.15. The summed E-state index contributed by atoms with van der Waals surface area (Å²) in [4.78, 5) is 50.6. The smallest absolute Gasteiger partial charge is 0.326 e. The first-order valence-corrected chi connectivity index (χ1v) is 9.85. The summed E-state index contributed by atoms with van der Waals surface area (Å²) in [6.07, 6.45) is -1.07. The fourth-order valence-electron chi connectivity index (χ4n) is 3.55. The number of amides is 3. The Labute approximate surface area is 178 Å². The molecule has 7 nitrogen and oxygen atoms in total. The summed E-state index contributed by atoms with van der Waals surface area (Å²) < 4.78 is 5.19. The molecule has 31 heavy (non-hydrogen) atoms. The highest BCUT2D eigenvalue weighted by Gasteiger charge is 2.33. The lowest BCUT2D eigenvalue weighted by atomic mass is 9.98. The summed E-state index contributed by atoms with van der Waals surface area (Å²) in [6.45, 7) is 0.894. The second-order valence-electron chi connectivity index (χ2n) is 7.27. The highest BCUT2D eigenvalue weighted by atomic mass is 16.5. The summed E-state index contributed by atoms with van der Waals surface area (Å²) in [5.74, 6) is -2.36. The van der Waals surface area contributed by atoms with Gasteiger partial charge in [0.25, 0.3) is 11.8 Å². The molecule has 0 saturated heterocycles. The molecule has 1 heterocycles. The normalized spacial score (nSPS) is 14.2. The third kappa shape index (κ3) is 4.16. The van der Waals surface area contributed by atoms with Crippen molar-refractivity contribution in [3.63, 3.8) is 0 Å². The molecule has 0 aliphatic carbocycles. The molecule has 1 aliphatic rings. The Bertz CT molecular complexity index is 1200. The van der Waals surface area contributed by atoms with E-state index in [-0.39, 0.29) is 6.42 Å². The molecule has 0 radical (unpaired) electrons. The number of imide groups is 1.